The smallest absolute Gasteiger partial charge is 0.286 e. The van der Waals surface area contributed by atoms with Crippen molar-refractivity contribution in [3.8, 4) is 0 Å². The van der Waals surface area contributed by atoms with Crippen LogP contribution in [-0.2, 0) is 9.53 Å². The van der Waals surface area contributed by atoms with E-state index < -0.39 is 0 Å². The first-order valence-electron chi connectivity index (χ1n) is 8.18. The molecular formula is C18H24N2O2. The average Bonchev–Trinajstić information content (AvgIpc) is 2.56. The second kappa shape index (κ2) is 6.86. The van der Waals surface area contributed by atoms with E-state index in [0.29, 0.717) is 12.4 Å². The molecule has 1 amide bonds. The highest BCUT2D eigenvalue weighted by Crippen LogP contribution is 2.21. The normalized spacial score (nSPS) is 21.8. The second-order valence-corrected chi connectivity index (χ2v) is 6.15. The SMILES string of the molecule is Cc1ccc(N2CCC[C@@H](NC(=O)C3=CCCCO3)C2)cc1. The first-order chi connectivity index (χ1) is 10.7. The van der Waals surface area contributed by atoms with E-state index >= 15 is 0 Å². The summed E-state index contributed by atoms with van der Waals surface area (Å²) in [5, 5.41) is 3.13. The Morgan fingerprint density at radius 2 is 2.09 bits per heavy atom. The maximum absolute atomic E-state index is 12.2. The Hall–Kier alpha value is -1.97. The van der Waals surface area contributed by atoms with Crippen LogP contribution < -0.4 is 10.2 Å². The zero-order valence-electron chi connectivity index (χ0n) is 13.2. The third-order valence-corrected chi connectivity index (χ3v) is 4.32. The van der Waals surface area contributed by atoms with Crippen molar-refractivity contribution >= 4 is 11.6 Å². The number of nitrogens with zero attached hydrogens (tertiary/aromatic N) is 1. The van der Waals surface area contributed by atoms with Crippen molar-refractivity contribution in [1.29, 1.82) is 0 Å². The number of benzene rings is 1. The molecule has 1 atom stereocenters. The van der Waals surface area contributed by atoms with E-state index in [1.54, 1.807) is 0 Å². The summed E-state index contributed by atoms with van der Waals surface area (Å²) in [5.74, 6) is 0.439. The standard InChI is InChI=1S/C18H24N2O2/c1-14-7-9-16(10-8-14)20-11-4-5-15(13-20)19-18(21)17-6-2-3-12-22-17/h6-10,15H,2-5,11-13H2,1H3,(H,19,21)/t15-/m1/s1. The van der Waals surface area contributed by atoms with Crippen molar-refractivity contribution < 1.29 is 9.53 Å². The summed E-state index contributed by atoms with van der Waals surface area (Å²) < 4.78 is 5.44. The number of carbonyl (C=O) groups is 1. The highest BCUT2D eigenvalue weighted by molar-refractivity contribution is 5.91. The molecule has 4 heteroatoms. The van der Waals surface area contributed by atoms with Crippen LogP contribution >= 0.6 is 0 Å². The van der Waals surface area contributed by atoms with Gasteiger partial charge in [-0.3, -0.25) is 4.79 Å². The van der Waals surface area contributed by atoms with E-state index in [1.807, 2.05) is 6.08 Å². The van der Waals surface area contributed by atoms with Gasteiger partial charge in [0.1, 0.15) is 0 Å². The Bertz CT molecular complexity index is 551. The molecule has 0 spiro atoms. The summed E-state index contributed by atoms with van der Waals surface area (Å²) in [7, 11) is 0. The summed E-state index contributed by atoms with van der Waals surface area (Å²) >= 11 is 0. The van der Waals surface area contributed by atoms with E-state index in [9.17, 15) is 4.79 Å². The van der Waals surface area contributed by atoms with Crippen LogP contribution in [0.5, 0.6) is 0 Å². The molecule has 2 aliphatic heterocycles. The molecule has 22 heavy (non-hydrogen) atoms. The zero-order chi connectivity index (χ0) is 15.4. The highest BCUT2D eigenvalue weighted by atomic mass is 16.5. The molecule has 3 rings (SSSR count). The van der Waals surface area contributed by atoms with Gasteiger partial charge in [0.2, 0.25) is 0 Å². The molecule has 4 nitrogen and oxygen atoms in total. The minimum atomic E-state index is -0.0598. The van der Waals surface area contributed by atoms with Gasteiger partial charge < -0.3 is 15.0 Å². The molecule has 0 radical (unpaired) electrons. The van der Waals surface area contributed by atoms with Crippen molar-refractivity contribution in [2.24, 2.45) is 0 Å². The molecule has 0 aliphatic carbocycles. The van der Waals surface area contributed by atoms with Crippen molar-refractivity contribution in [2.75, 3.05) is 24.6 Å². The van der Waals surface area contributed by atoms with Gasteiger partial charge in [-0.1, -0.05) is 17.7 Å². The number of ether oxygens (including phenoxy) is 1. The van der Waals surface area contributed by atoms with Crippen molar-refractivity contribution in [3.63, 3.8) is 0 Å². The lowest BCUT2D eigenvalue weighted by Crippen LogP contribution is -2.48. The van der Waals surface area contributed by atoms with E-state index in [-0.39, 0.29) is 11.9 Å². The van der Waals surface area contributed by atoms with Gasteiger partial charge in [0.25, 0.3) is 5.91 Å². The van der Waals surface area contributed by atoms with Gasteiger partial charge in [-0.05, 0) is 50.8 Å². The van der Waals surface area contributed by atoms with Gasteiger partial charge in [-0.25, -0.2) is 0 Å². The Morgan fingerprint density at radius 1 is 1.27 bits per heavy atom. The van der Waals surface area contributed by atoms with Gasteiger partial charge in [-0.2, -0.15) is 0 Å². The first-order valence-corrected chi connectivity index (χ1v) is 8.18. The minimum absolute atomic E-state index is 0.0598. The molecule has 1 fully saturated rings. The van der Waals surface area contributed by atoms with E-state index in [2.05, 4.69) is 41.4 Å². The van der Waals surface area contributed by atoms with Crippen LogP contribution in [0.2, 0.25) is 0 Å². The lowest BCUT2D eigenvalue weighted by molar-refractivity contribution is -0.122. The number of anilines is 1. The van der Waals surface area contributed by atoms with Crippen LogP contribution in [0, 0.1) is 6.92 Å². The van der Waals surface area contributed by atoms with Crippen LogP contribution in [0.3, 0.4) is 0 Å². The van der Waals surface area contributed by atoms with Crippen LogP contribution in [0.4, 0.5) is 5.69 Å². The summed E-state index contributed by atoms with van der Waals surface area (Å²) in [6, 6.07) is 8.78. The molecule has 1 saturated heterocycles. The van der Waals surface area contributed by atoms with Crippen LogP contribution in [0.25, 0.3) is 0 Å². The van der Waals surface area contributed by atoms with Gasteiger partial charge in [0.05, 0.1) is 6.61 Å². The third kappa shape index (κ3) is 3.62. The number of carbonyl (C=O) groups excluding carboxylic acids is 1. The Labute approximate surface area is 132 Å². The molecule has 2 aliphatic rings. The molecule has 2 heterocycles. The Morgan fingerprint density at radius 3 is 2.82 bits per heavy atom. The summed E-state index contributed by atoms with van der Waals surface area (Å²) in [5.41, 5.74) is 2.50. The van der Waals surface area contributed by atoms with Crippen molar-refractivity contribution in [3.05, 3.63) is 41.7 Å². The zero-order valence-corrected chi connectivity index (χ0v) is 13.2. The van der Waals surface area contributed by atoms with Gasteiger partial charge >= 0.3 is 0 Å². The second-order valence-electron chi connectivity index (χ2n) is 6.15. The Kier molecular flexibility index (Phi) is 4.66. The highest BCUT2D eigenvalue weighted by Gasteiger charge is 2.23. The fourth-order valence-electron chi connectivity index (χ4n) is 3.06. The topological polar surface area (TPSA) is 41.6 Å². The number of nitrogens with one attached hydrogen (secondary N) is 1. The molecule has 1 aromatic rings. The number of hydrogen-bond donors (Lipinski definition) is 1. The first kappa shape index (κ1) is 14.9. The van der Waals surface area contributed by atoms with Crippen molar-refractivity contribution in [1.82, 2.24) is 5.32 Å². The number of rotatable bonds is 3. The molecule has 0 aromatic heterocycles. The molecular weight excluding hydrogens is 276 g/mol. The molecule has 1 aromatic carbocycles. The molecule has 118 valence electrons. The summed E-state index contributed by atoms with van der Waals surface area (Å²) in [6.45, 7) is 4.66. The van der Waals surface area contributed by atoms with Gasteiger partial charge in [-0.15, -0.1) is 0 Å². The molecule has 0 bridgehead atoms. The average molecular weight is 300 g/mol. The monoisotopic (exact) mass is 300 g/mol. The maximum Gasteiger partial charge on any atom is 0.286 e. The number of piperidine rings is 1. The lowest BCUT2D eigenvalue weighted by atomic mass is 10.0. The molecule has 1 N–H and O–H groups in total. The maximum atomic E-state index is 12.2. The predicted octanol–water partition coefficient (Wildman–Crippen LogP) is 2.77. The number of aryl methyl sites for hydroxylation is 1. The summed E-state index contributed by atoms with van der Waals surface area (Å²) in [6.07, 6.45) is 5.96. The van der Waals surface area contributed by atoms with E-state index in [4.69, 9.17) is 4.74 Å². The quantitative estimate of drug-likeness (QED) is 0.933. The minimum Gasteiger partial charge on any atom is -0.488 e. The lowest BCUT2D eigenvalue weighted by Gasteiger charge is -2.35. The van der Waals surface area contributed by atoms with Crippen molar-refractivity contribution in [2.45, 2.75) is 38.6 Å². The molecule has 0 unspecified atom stereocenters. The number of hydrogen-bond acceptors (Lipinski definition) is 3. The third-order valence-electron chi connectivity index (χ3n) is 4.32. The van der Waals surface area contributed by atoms with Crippen LogP contribution in [0.1, 0.15) is 31.2 Å². The fourth-order valence-corrected chi connectivity index (χ4v) is 3.06. The largest absolute Gasteiger partial charge is 0.488 e. The van der Waals surface area contributed by atoms with E-state index in [0.717, 1.165) is 38.8 Å². The molecule has 0 saturated carbocycles. The fraction of sp³-hybridized carbons (Fsp3) is 0.500. The Balaban J connectivity index is 1.59. The van der Waals surface area contributed by atoms with Gasteiger partial charge in [0, 0.05) is 24.8 Å². The van der Waals surface area contributed by atoms with Crippen LogP contribution in [0.15, 0.2) is 36.1 Å². The van der Waals surface area contributed by atoms with Crippen LogP contribution in [-0.4, -0.2) is 31.6 Å². The summed E-state index contributed by atoms with van der Waals surface area (Å²) in [4.78, 5) is 14.6. The van der Waals surface area contributed by atoms with E-state index in [1.165, 1.54) is 11.3 Å². The predicted molar refractivity (Wildman–Crippen MR) is 87.8 cm³/mol. The van der Waals surface area contributed by atoms with Gasteiger partial charge in [0.15, 0.2) is 5.76 Å². The number of amides is 1. The number of allylic oxidation sites excluding steroid dienone is 1.